The normalized spacial score (nSPS) is 17.5. The van der Waals surface area contributed by atoms with E-state index in [-0.39, 0.29) is 114 Å². The molecule has 55 nitrogen and oxygen atoms in total. The van der Waals surface area contributed by atoms with E-state index in [4.69, 9.17) is 28.0 Å². The minimum atomic E-state index is -1.95. The highest BCUT2D eigenvalue weighted by Gasteiger charge is 2.46. The van der Waals surface area contributed by atoms with Crippen LogP contribution in [0.3, 0.4) is 0 Å². The molecule has 2 aromatic rings. The lowest BCUT2D eigenvalue weighted by Crippen LogP contribution is -2.63. The number of nitrogens with zero attached hydrogens (tertiary/aromatic N) is 3. The van der Waals surface area contributed by atoms with Crippen molar-refractivity contribution in [3.63, 3.8) is 0 Å². The Bertz CT molecular complexity index is 4780. The summed E-state index contributed by atoms with van der Waals surface area (Å²) in [6.07, 6.45) is -0.654. The molecule has 1 aromatic heterocycles. The van der Waals surface area contributed by atoms with E-state index in [0.717, 1.165) is 25.7 Å². The second-order valence-corrected chi connectivity index (χ2v) is 37.4. The van der Waals surface area contributed by atoms with Crippen LogP contribution >= 0.6 is 0 Å². The Labute approximate surface area is 844 Å². The van der Waals surface area contributed by atoms with E-state index in [9.17, 15) is 132 Å². The number of aliphatic hydroxyl groups is 6. The Morgan fingerprint density at radius 2 is 0.774 bits per heavy atom. The second kappa shape index (κ2) is 61.4. The van der Waals surface area contributed by atoms with Gasteiger partial charge in [0.2, 0.25) is 112 Å². The number of aliphatic carboxylic acids is 1. The van der Waals surface area contributed by atoms with Gasteiger partial charge in [0.15, 0.2) is 11.9 Å². The van der Waals surface area contributed by atoms with Crippen molar-refractivity contribution in [1.82, 2.24) is 121 Å². The Morgan fingerprint density at radius 1 is 0.411 bits per heavy atom. The quantitative estimate of drug-likeness (QED) is 0.0166. The number of hydrogen-bond acceptors (Lipinski definition) is 30. The Kier molecular flexibility index (Phi) is 52.3. The van der Waals surface area contributed by atoms with Crippen LogP contribution in [-0.4, -0.2) is 372 Å². The average Bonchev–Trinajstić information content (AvgIpc) is 1.66. The van der Waals surface area contributed by atoms with Crippen LogP contribution in [0.4, 0.5) is 0 Å². The first-order chi connectivity index (χ1) is 68.7. The van der Waals surface area contributed by atoms with Crippen molar-refractivity contribution < 1.29 is 132 Å². The number of imidazole rings is 1. The molecule has 816 valence electrons. The summed E-state index contributed by atoms with van der Waals surface area (Å²) in [6, 6.07) is -21.4. The van der Waals surface area contributed by atoms with Crippen LogP contribution < -0.4 is 118 Å². The number of carbonyl (C=O) groups excluding carboxylic acids is 19. The van der Waals surface area contributed by atoms with Crippen molar-refractivity contribution >= 4 is 130 Å². The van der Waals surface area contributed by atoms with Crippen LogP contribution in [0, 0.1) is 40.4 Å². The summed E-state index contributed by atoms with van der Waals surface area (Å²) in [7, 11) is 0. The predicted octanol–water partition coefficient (Wildman–Crippen LogP) is -11.6. The van der Waals surface area contributed by atoms with Gasteiger partial charge < -0.3 is 169 Å². The molecule has 2 aliphatic rings. The summed E-state index contributed by atoms with van der Waals surface area (Å²) in [6.45, 7) is 15.3. The summed E-state index contributed by atoms with van der Waals surface area (Å²) in [5.41, 5.74) is 17.5. The highest BCUT2D eigenvalue weighted by Crippen LogP contribution is 2.25. The highest BCUT2D eigenvalue weighted by molar-refractivity contribution is 6.03. The molecule has 0 saturated carbocycles. The van der Waals surface area contributed by atoms with Gasteiger partial charge in [-0.3, -0.25) is 102 Å². The molecule has 2 fully saturated rings. The number of aromatic amines is 1. The number of carboxylic acid groups (broad SMARTS) is 1. The molecule has 0 aliphatic carbocycles. The van der Waals surface area contributed by atoms with Crippen molar-refractivity contribution in [2.75, 3.05) is 59.2 Å². The van der Waals surface area contributed by atoms with Crippen LogP contribution in [0.1, 0.15) is 166 Å². The van der Waals surface area contributed by atoms with Gasteiger partial charge in [-0.25, -0.2) is 9.78 Å². The number of aliphatic hydroxyl groups excluding tert-OH is 6. The van der Waals surface area contributed by atoms with Gasteiger partial charge in [0.05, 0.1) is 63.2 Å². The summed E-state index contributed by atoms with van der Waals surface area (Å²) < 4.78 is 0. The molecule has 3 heterocycles. The number of carbonyl (C=O) groups is 20. The lowest BCUT2D eigenvalue weighted by atomic mass is 9.96. The maximum atomic E-state index is 14.7. The average molecular weight is 2070 g/mol. The molecule has 35 N–H and O–H groups in total. The molecule has 146 heavy (non-hydrogen) atoms. The van der Waals surface area contributed by atoms with E-state index >= 15 is 0 Å². The fourth-order valence-electron chi connectivity index (χ4n) is 15.3. The summed E-state index contributed by atoms with van der Waals surface area (Å²) >= 11 is 0. The van der Waals surface area contributed by atoms with Gasteiger partial charge in [0.25, 0.3) is 0 Å². The van der Waals surface area contributed by atoms with Crippen LogP contribution in [-0.2, 0) is 109 Å². The molecule has 1 aromatic carbocycles. The molecule has 0 spiro atoms. The summed E-state index contributed by atoms with van der Waals surface area (Å²) in [4.78, 5) is 287. The molecule has 22 atom stereocenters. The van der Waals surface area contributed by atoms with Gasteiger partial charge in [-0.05, 0) is 114 Å². The maximum absolute atomic E-state index is 14.7. The first-order valence-corrected chi connectivity index (χ1v) is 48.4. The van der Waals surface area contributed by atoms with E-state index in [1.165, 1.54) is 65.9 Å². The van der Waals surface area contributed by atoms with Crippen molar-refractivity contribution in [1.29, 1.82) is 10.8 Å². The topological polar surface area (TPSA) is 873 Å². The number of amides is 19. The molecule has 0 bridgehead atoms. The zero-order valence-corrected chi connectivity index (χ0v) is 84.6. The molecular formula is C91H150N28O27. The van der Waals surface area contributed by atoms with Crippen LogP contribution in [0.5, 0.6) is 0 Å². The van der Waals surface area contributed by atoms with Crippen molar-refractivity contribution in [2.24, 2.45) is 46.8 Å². The second-order valence-electron chi connectivity index (χ2n) is 37.4. The molecule has 4 rings (SSSR count). The van der Waals surface area contributed by atoms with Gasteiger partial charge in [-0.2, -0.15) is 0 Å². The Hall–Kier alpha value is -13.9. The van der Waals surface area contributed by atoms with E-state index in [1.54, 1.807) is 58.0 Å². The van der Waals surface area contributed by atoms with E-state index in [2.05, 4.69) is 111 Å². The Balaban J connectivity index is 1.45. The van der Waals surface area contributed by atoms with Crippen LogP contribution in [0.25, 0.3) is 0 Å². The lowest BCUT2D eigenvalue weighted by molar-refractivity contribution is -0.145. The third-order valence-corrected chi connectivity index (χ3v) is 24.3. The minimum absolute atomic E-state index is 0.0256. The highest BCUT2D eigenvalue weighted by atomic mass is 16.4. The fourth-order valence-corrected chi connectivity index (χ4v) is 15.3. The number of H-pyrrole nitrogens is 1. The standard InChI is InChI=1S/C91H150N28O27/c1-15-46(10)68(115-79(135)59(39-122)109-74(130)54(26-20-30-99-91(95)96)105-83(139)64(92)42(2)3)87(143)118-31-21-27-61(118)82(138)107-56(34-52-35-97-41-101-52)76(132)116-69(49(13)124)86(142)114-66(44(6)7)85(141)111-60(40-123)80(136)117-70(50(14)125)88(144)119-32-22-28-62(119)81(137)106-55(33-51-23-17-16-18-24-51)75(131)102-48(12)72(128)113-65(43(4)5)84(140)110-57(37-120)77(133)103-47(11)71(127)108-58(38-121)78(134)104-53(25-19-29-98-90(93)94)73(129)100-36-63(126)112-67(45(8)9)89(145)146/h16-18,23-24,35,41-50,53-62,64-70,120-125H,15,19-22,25-34,36-40,92H2,1-14H3,(H,97,101)(H,100,129)(H,102,131)(H,103,133)(H,104,134)(H,105,139)(H,106,137)(H,107,138)(H,108,127)(H,109,130)(H,110,140)(H,111,141)(H,112,126)(H,113,128)(H,114,142)(H,115,135)(H,116,132)(H,117,136)(H,145,146)(H4,93,94,98)(H4,95,96,99)/t46-,47-,48-,49+,50+,53-,54-,55-,56-,57-,58-,59-,60-,61-,62-,64-,65-,66-,67-,68-,69-,70-/m0/s1. The molecular weight excluding hydrogens is 1920 g/mol. The van der Waals surface area contributed by atoms with E-state index < -0.39 is 308 Å². The van der Waals surface area contributed by atoms with Crippen LogP contribution in [0.15, 0.2) is 42.9 Å². The van der Waals surface area contributed by atoms with Gasteiger partial charge in [-0.15, -0.1) is 0 Å². The first-order valence-electron chi connectivity index (χ1n) is 48.4. The Morgan fingerprint density at radius 3 is 1.20 bits per heavy atom. The van der Waals surface area contributed by atoms with Crippen molar-refractivity contribution in [3.8, 4) is 0 Å². The third kappa shape index (κ3) is 39.6. The number of aromatic nitrogens is 2. The third-order valence-electron chi connectivity index (χ3n) is 24.3. The fraction of sp³-hybridized carbons (Fsp3) is 0.659. The summed E-state index contributed by atoms with van der Waals surface area (Å²) in [5, 5.41) is 135. The monoisotopic (exact) mass is 2070 g/mol. The number of hydrogen-bond donors (Lipinski definition) is 32. The number of carboxylic acids is 1. The number of nitrogens with one attached hydrogen (secondary N) is 22. The van der Waals surface area contributed by atoms with E-state index in [0.29, 0.717) is 5.56 Å². The number of rotatable bonds is 61. The van der Waals surface area contributed by atoms with Gasteiger partial charge in [-0.1, -0.05) is 106 Å². The largest absolute Gasteiger partial charge is 0.480 e. The molecule has 19 amide bonds. The molecule has 2 saturated heterocycles. The maximum Gasteiger partial charge on any atom is 0.326 e. The van der Waals surface area contributed by atoms with Gasteiger partial charge in [0.1, 0.15) is 109 Å². The molecule has 2 aliphatic heterocycles. The number of guanidine groups is 2. The number of likely N-dealkylation sites (tertiary alicyclic amines) is 2. The minimum Gasteiger partial charge on any atom is -0.480 e. The number of benzene rings is 1. The SMILES string of the molecule is CC[C@H](C)[C@H](NC(=O)[C@H](CO)NC(=O)[C@H](CCCNC(=N)N)NC(=O)[C@@H](N)C(C)C)C(=O)N1CCC[C@H]1C(=O)N[C@@H](Cc1c[nH]cn1)C(=O)N[C@H](C(=O)N[C@H](C(=O)N[C@@H](CO)C(=O)N[C@H](C(=O)N1CCC[C@H]1C(=O)N[C@@H](Cc1ccccc1)C(=O)N[C@@H](C)C(=O)N[C@H](C(=O)N[C@@H](CO)C(=O)N[C@@H](C)C(=O)N[C@@H](CO)C(=O)N[C@@H](CCCNC(=N)N)C(=O)NCC(=O)N[C@H](C(=O)O)C(C)C)C(C)C)[C@@H](C)O)C(C)C)[C@@H](C)O. The molecule has 0 radical (unpaired) electrons. The van der Waals surface area contributed by atoms with Crippen molar-refractivity contribution in [3.05, 3.63) is 54.1 Å². The van der Waals surface area contributed by atoms with Gasteiger partial charge in [0, 0.05) is 45.2 Å². The number of nitrogens with two attached hydrogens (primary N) is 3. The predicted molar refractivity (Wildman–Crippen MR) is 522 cm³/mol. The molecule has 0 unspecified atom stereocenters. The summed E-state index contributed by atoms with van der Waals surface area (Å²) in [5.74, 6) is -24.4. The molecule has 55 heteroatoms. The smallest absolute Gasteiger partial charge is 0.326 e. The zero-order valence-electron chi connectivity index (χ0n) is 84.6. The van der Waals surface area contributed by atoms with E-state index in [1.807, 2.05) is 0 Å². The zero-order chi connectivity index (χ0) is 110. The van der Waals surface area contributed by atoms with Crippen molar-refractivity contribution in [2.45, 2.75) is 295 Å². The van der Waals surface area contributed by atoms with Gasteiger partial charge >= 0.3 is 5.97 Å². The lowest BCUT2D eigenvalue weighted by Gasteiger charge is -2.33. The first kappa shape index (κ1) is 124. The van der Waals surface area contributed by atoms with Crippen LogP contribution in [0.2, 0.25) is 0 Å².